The molecule has 1 atom stereocenters. The molecule has 4 rings (SSSR count). The zero-order chi connectivity index (χ0) is 16.5. The van der Waals surface area contributed by atoms with Crippen LogP contribution in [0.5, 0.6) is 0 Å². The van der Waals surface area contributed by atoms with Crippen molar-refractivity contribution in [2.45, 2.75) is 58.4 Å². The van der Waals surface area contributed by atoms with E-state index < -0.39 is 0 Å². The van der Waals surface area contributed by atoms with Crippen molar-refractivity contribution < 1.29 is 0 Å². The van der Waals surface area contributed by atoms with Gasteiger partial charge in [0.1, 0.15) is 12.1 Å². The van der Waals surface area contributed by atoms with Crippen molar-refractivity contribution in [1.82, 2.24) is 24.5 Å². The van der Waals surface area contributed by atoms with Gasteiger partial charge < -0.3 is 4.90 Å². The first-order valence-electron chi connectivity index (χ1n) is 9.40. The van der Waals surface area contributed by atoms with Gasteiger partial charge in [-0.1, -0.05) is 12.8 Å². The number of likely N-dealkylation sites (tertiary alicyclic amines) is 1. The molecule has 0 aromatic carbocycles. The fourth-order valence-corrected chi connectivity index (χ4v) is 4.29. The van der Waals surface area contributed by atoms with Crippen LogP contribution in [-0.2, 0) is 0 Å². The fourth-order valence-electron chi connectivity index (χ4n) is 4.29. The first-order valence-corrected chi connectivity index (χ1v) is 9.40. The smallest absolute Gasteiger partial charge is 0.254 e. The van der Waals surface area contributed by atoms with E-state index in [0.717, 1.165) is 18.8 Å². The number of hydrogen-bond acceptors (Lipinski definition) is 5. The molecular weight excluding hydrogens is 300 g/mol. The lowest BCUT2D eigenvalue weighted by Crippen LogP contribution is -2.49. The molecule has 0 radical (unpaired) electrons. The van der Waals surface area contributed by atoms with Crippen molar-refractivity contribution in [1.29, 1.82) is 0 Å². The molecule has 130 valence electrons. The highest BCUT2D eigenvalue weighted by molar-refractivity contribution is 5.54. The molecule has 6 heteroatoms. The largest absolute Gasteiger partial charge is 0.355 e. The lowest BCUT2D eigenvalue weighted by molar-refractivity contribution is 0.181. The monoisotopic (exact) mass is 328 g/mol. The zero-order valence-electron chi connectivity index (χ0n) is 14.9. The van der Waals surface area contributed by atoms with Gasteiger partial charge in [-0.3, -0.25) is 4.90 Å². The number of aryl methyl sites for hydroxylation is 1. The summed E-state index contributed by atoms with van der Waals surface area (Å²) in [4.78, 5) is 14.1. The molecule has 0 N–H and O–H groups in total. The van der Waals surface area contributed by atoms with Gasteiger partial charge in [0.2, 0.25) is 0 Å². The van der Waals surface area contributed by atoms with E-state index in [2.05, 4.69) is 38.7 Å². The van der Waals surface area contributed by atoms with E-state index in [4.69, 9.17) is 0 Å². The Morgan fingerprint density at radius 3 is 2.58 bits per heavy atom. The van der Waals surface area contributed by atoms with Crippen molar-refractivity contribution >= 4 is 11.6 Å². The average molecular weight is 328 g/mol. The van der Waals surface area contributed by atoms with Gasteiger partial charge in [0.15, 0.2) is 0 Å². The Morgan fingerprint density at radius 1 is 1.00 bits per heavy atom. The van der Waals surface area contributed by atoms with E-state index in [9.17, 15) is 0 Å². The highest BCUT2D eigenvalue weighted by atomic mass is 15.4. The highest BCUT2D eigenvalue weighted by Crippen LogP contribution is 2.27. The van der Waals surface area contributed by atoms with Crippen LogP contribution >= 0.6 is 0 Å². The van der Waals surface area contributed by atoms with Crippen molar-refractivity contribution in [3.63, 3.8) is 0 Å². The van der Waals surface area contributed by atoms with E-state index in [1.54, 1.807) is 6.33 Å². The van der Waals surface area contributed by atoms with E-state index in [1.165, 1.54) is 63.0 Å². The van der Waals surface area contributed by atoms with Crippen LogP contribution in [0.2, 0.25) is 0 Å². The van der Waals surface area contributed by atoms with Gasteiger partial charge in [0.25, 0.3) is 5.78 Å². The quantitative estimate of drug-likeness (QED) is 0.848. The Balaban J connectivity index is 1.62. The maximum atomic E-state index is 4.56. The number of hydrogen-bond donors (Lipinski definition) is 0. The van der Waals surface area contributed by atoms with Crippen molar-refractivity contribution in [3.8, 4) is 0 Å². The third-order valence-electron chi connectivity index (χ3n) is 5.73. The Labute approximate surface area is 143 Å². The summed E-state index contributed by atoms with van der Waals surface area (Å²) in [6.07, 6.45) is 9.69. The highest BCUT2D eigenvalue weighted by Gasteiger charge is 2.28. The SMILES string of the molecule is Cc1nc2ncnn2c(N2CCC[C@H](N3CCCCCC3)C2)c1C. The number of nitrogens with zero attached hydrogens (tertiary/aromatic N) is 6. The summed E-state index contributed by atoms with van der Waals surface area (Å²) in [5.74, 6) is 1.90. The van der Waals surface area contributed by atoms with Gasteiger partial charge in [-0.25, -0.2) is 4.98 Å². The molecule has 0 saturated carbocycles. The molecule has 2 fully saturated rings. The van der Waals surface area contributed by atoms with Gasteiger partial charge >= 0.3 is 0 Å². The molecule has 6 nitrogen and oxygen atoms in total. The minimum atomic E-state index is 0.670. The molecule has 0 bridgehead atoms. The van der Waals surface area contributed by atoms with E-state index in [0.29, 0.717) is 11.8 Å². The number of aromatic nitrogens is 4. The minimum Gasteiger partial charge on any atom is -0.355 e. The molecule has 0 spiro atoms. The van der Waals surface area contributed by atoms with Crippen LogP contribution in [-0.4, -0.2) is 56.7 Å². The van der Waals surface area contributed by atoms with Crippen LogP contribution in [0.25, 0.3) is 5.78 Å². The van der Waals surface area contributed by atoms with Gasteiger partial charge in [-0.2, -0.15) is 14.6 Å². The summed E-state index contributed by atoms with van der Waals surface area (Å²) < 4.78 is 1.92. The van der Waals surface area contributed by atoms with E-state index >= 15 is 0 Å². The van der Waals surface area contributed by atoms with Gasteiger partial charge in [-0.15, -0.1) is 0 Å². The van der Waals surface area contributed by atoms with Crippen LogP contribution < -0.4 is 4.90 Å². The molecule has 2 aliphatic rings. The molecular formula is C18H28N6. The molecule has 2 aromatic rings. The maximum Gasteiger partial charge on any atom is 0.254 e. The summed E-state index contributed by atoms with van der Waals surface area (Å²) >= 11 is 0. The van der Waals surface area contributed by atoms with E-state index in [-0.39, 0.29) is 0 Å². The minimum absolute atomic E-state index is 0.670. The number of rotatable bonds is 2. The lowest BCUT2D eigenvalue weighted by atomic mass is 10.0. The predicted molar refractivity (Wildman–Crippen MR) is 95.5 cm³/mol. The fraction of sp³-hybridized carbons (Fsp3) is 0.722. The summed E-state index contributed by atoms with van der Waals surface area (Å²) in [6, 6.07) is 0.670. The molecule has 0 unspecified atom stereocenters. The Morgan fingerprint density at radius 2 is 1.79 bits per heavy atom. The topological polar surface area (TPSA) is 49.6 Å². The summed E-state index contributed by atoms with van der Waals surface area (Å²) in [6.45, 7) is 8.97. The van der Waals surface area contributed by atoms with Crippen LogP contribution in [0, 0.1) is 13.8 Å². The number of fused-ring (bicyclic) bond motifs is 1. The third kappa shape index (κ3) is 2.88. The summed E-state index contributed by atoms with van der Waals surface area (Å²) in [5, 5.41) is 4.44. The third-order valence-corrected chi connectivity index (χ3v) is 5.73. The predicted octanol–water partition coefficient (Wildman–Crippen LogP) is 2.59. The van der Waals surface area contributed by atoms with Gasteiger partial charge in [0.05, 0.1) is 0 Å². The second kappa shape index (κ2) is 6.67. The average Bonchev–Trinajstić information content (AvgIpc) is 2.88. The van der Waals surface area contributed by atoms with Crippen LogP contribution in [0.15, 0.2) is 6.33 Å². The molecule has 4 heterocycles. The molecule has 2 aromatic heterocycles. The van der Waals surface area contributed by atoms with Crippen molar-refractivity contribution in [3.05, 3.63) is 17.6 Å². The Hall–Kier alpha value is -1.69. The molecule has 0 aliphatic carbocycles. The molecule has 2 aliphatic heterocycles. The molecule has 24 heavy (non-hydrogen) atoms. The lowest BCUT2D eigenvalue weighted by Gasteiger charge is -2.40. The summed E-state index contributed by atoms with van der Waals surface area (Å²) in [5.41, 5.74) is 2.28. The van der Waals surface area contributed by atoms with Gasteiger partial charge in [0, 0.05) is 30.4 Å². The van der Waals surface area contributed by atoms with Crippen molar-refractivity contribution in [2.24, 2.45) is 0 Å². The molecule has 2 saturated heterocycles. The van der Waals surface area contributed by atoms with Crippen LogP contribution in [0.4, 0.5) is 5.82 Å². The normalized spacial score (nSPS) is 23.6. The first-order chi connectivity index (χ1) is 11.7. The van der Waals surface area contributed by atoms with Gasteiger partial charge in [-0.05, 0) is 52.6 Å². The Bertz CT molecular complexity index is 701. The number of anilines is 1. The second-order valence-electron chi connectivity index (χ2n) is 7.31. The standard InChI is InChI=1S/C18H28N6/c1-14-15(2)21-18-19-13-20-24(18)17(14)23-11-7-8-16(12-23)22-9-5-3-4-6-10-22/h13,16H,3-12H2,1-2H3/t16-/m0/s1. The zero-order valence-corrected chi connectivity index (χ0v) is 14.9. The first kappa shape index (κ1) is 15.8. The second-order valence-corrected chi connectivity index (χ2v) is 7.31. The maximum absolute atomic E-state index is 4.56. The van der Waals surface area contributed by atoms with E-state index in [1.807, 2.05) is 4.52 Å². The Kier molecular flexibility index (Phi) is 4.39. The van der Waals surface area contributed by atoms with Crippen LogP contribution in [0.3, 0.4) is 0 Å². The van der Waals surface area contributed by atoms with Crippen LogP contribution in [0.1, 0.15) is 49.8 Å². The van der Waals surface area contributed by atoms with Crippen molar-refractivity contribution in [2.75, 3.05) is 31.1 Å². The summed E-state index contributed by atoms with van der Waals surface area (Å²) in [7, 11) is 0. The number of piperidine rings is 1. The molecule has 0 amide bonds.